The van der Waals surface area contributed by atoms with Crippen LogP contribution in [0.1, 0.15) is 30.9 Å². The van der Waals surface area contributed by atoms with E-state index in [1.807, 2.05) is 68.6 Å². The Bertz CT molecular complexity index is 1230. The van der Waals surface area contributed by atoms with Crippen LogP contribution in [0.2, 0.25) is 0 Å². The molecular weight excluding hydrogens is 496 g/mol. The lowest BCUT2D eigenvalue weighted by molar-refractivity contribution is -0.120. The number of unbranched alkanes of at least 4 members (excludes halogenated alkanes) is 1. The first-order chi connectivity index (χ1) is 18.4. The summed E-state index contributed by atoms with van der Waals surface area (Å²) in [7, 11) is 7.33. The number of fused-ring (bicyclic) bond motifs is 1. The van der Waals surface area contributed by atoms with E-state index >= 15 is 0 Å². The van der Waals surface area contributed by atoms with Gasteiger partial charge in [0.05, 0.1) is 26.5 Å². The summed E-state index contributed by atoms with van der Waals surface area (Å²) in [6.07, 6.45) is 3.01. The van der Waals surface area contributed by atoms with Gasteiger partial charge in [0.1, 0.15) is 10.5 Å². The average molecular weight is 535 g/mol. The second kappa shape index (κ2) is 12.6. The molecule has 1 aliphatic rings. The van der Waals surface area contributed by atoms with Gasteiger partial charge in [-0.15, -0.1) is 11.8 Å². The highest BCUT2D eigenvalue weighted by Crippen LogP contribution is 2.50. The van der Waals surface area contributed by atoms with Crippen LogP contribution < -0.4 is 19.1 Å². The Hall–Kier alpha value is -3.16. The van der Waals surface area contributed by atoms with Gasteiger partial charge in [0.15, 0.2) is 11.5 Å². The highest BCUT2D eigenvalue weighted by molar-refractivity contribution is 8.01. The highest BCUT2D eigenvalue weighted by atomic mass is 32.2. The minimum atomic E-state index is -0.664. The number of rotatable bonds is 12. The average Bonchev–Trinajstić information content (AvgIpc) is 2.94. The van der Waals surface area contributed by atoms with Gasteiger partial charge in [0.2, 0.25) is 5.91 Å². The SMILES string of the molecule is COc1ccc(CCN(C)CCCCOc2ccc(C3(C)Sc4ccccc4N(C)C3=O)cc2)cc1OC. The first kappa shape index (κ1) is 27.9. The van der Waals surface area contributed by atoms with E-state index in [0.717, 1.165) is 65.7 Å². The zero-order valence-corrected chi connectivity index (χ0v) is 23.8. The lowest BCUT2D eigenvalue weighted by Crippen LogP contribution is -2.44. The zero-order chi connectivity index (χ0) is 27.1. The van der Waals surface area contributed by atoms with Gasteiger partial charge in [-0.2, -0.15) is 0 Å². The monoisotopic (exact) mass is 534 g/mol. The largest absolute Gasteiger partial charge is 0.494 e. The minimum absolute atomic E-state index is 0.0881. The minimum Gasteiger partial charge on any atom is -0.494 e. The molecule has 3 aromatic carbocycles. The third-order valence-electron chi connectivity index (χ3n) is 7.09. The fourth-order valence-corrected chi connectivity index (χ4v) is 6.08. The van der Waals surface area contributed by atoms with Crippen LogP contribution in [-0.4, -0.2) is 58.8 Å². The molecule has 0 N–H and O–H groups in total. The van der Waals surface area contributed by atoms with Gasteiger partial charge in [0.25, 0.3) is 0 Å². The number of ether oxygens (including phenoxy) is 3. The molecule has 0 fully saturated rings. The van der Waals surface area contributed by atoms with Gasteiger partial charge < -0.3 is 24.0 Å². The normalized spacial score (nSPS) is 16.9. The molecule has 4 rings (SSSR count). The molecule has 0 aromatic heterocycles. The molecule has 1 heterocycles. The quantitative estimate of drug-likeness (QED) is 0.265. The summed E-state index contributed by atoms with van der Waals surface area (Å²) in [5.41, 5.74) is 3.18. The molecule has 1 amide bonds. The van der Waals surface area contributed by atoms with Crippen molar-refractivity contribution in [2.45, 2.75) is 35.8 Å². The number of anilines is 1. The smallest absolute Gasteiger partial charge is 0.247 e. The van der Waals surface area contributed by atoms with E-state index in [4.69, 9.17) is 14.2 Å². The van der Waals surface area contributed by atoms with E-state index in [1.54, 1.807) is 30.9 Å². The number of benzene rings is 3. The predicted molar refractivity (Wildman–Crippen MR) is 155 cm³/mol. The molecule has 0 saturated carbocycles. The Labute approximate surface area is 230 Å². The van der Waals surface area contributed by atoms with Crippen LogP contribution in [0.25, 0.3) is 0 Å². The molecule has 0 spiro atoms. The molecule has 0 radical (unpaired) electrons. The molecule has 3 aromatic rings. The summed E-state index contributed by atoms with van der Waals surface area (Å²) in [5, 5.41) is 0. The Morgan fingerprint density at radius 2 is 1.66 bits per heavy atom. The standard InChI is InChI=1S/C31H38N2O4S/c1-31(30(34)33(3)26-10-6-7-11-29(26)38-31)24-13-15-25(16-14-24)37-21-9-8-19-32(2)20-18-23-12-17-27(35-4)28(22-23)36-5/h6-7,10-17,22H,8-9,18-21H2,1-5H3. The molecule has 7 heteroatoms. The van der Waals surface area contributed by atoms with Gasteiger partial charge in [-0.3, -0.25) is 4.79 Å². The van der Waals surface area contributed by atoms with E-state index in [2.05, 4.69) is 24.1 Å². The van der Waals surface area contributed by atoms with Crippen LogP contribution >= 0.6 is 11.8 Å². The van der Waals surface area contributed by atoms with Gasteiger partial charge in [-0.05, 0) is 87.3 Å². The first-order valence-corrected chi connectivity index (χ1v) is 13.9. The fourth-order valence-electron chi connectivity index (χ4n) is 4.71. The van der Waals surface area contributed by atoms with Crippen molar-refractivity contribution in [2.24, 2.45) is 0 Å². The maximum absolute atomic E-state index is 13.2. The lowest BCUT2D eigenvalue weighted by Gasteiger charge is -2.38. The number of methoxy groups -OCH3 is 2. The zero-order valence-electron chi connectivity index (χ0n) is 23.0. The van der Waals surface area contributed by atoms with Crippen molar-refractivity contribution in [3.05, 3.63) is 77.9 Å². The molecule has 0 aliphatic carbocycles. The molecule has 1 atom stereocenters. The van der Waals surface area contributed by atoms with Gasteiger partial charge >= 0.3 is 0 Å². The van der Waals surface area contributed by atoms with Crippen molar-refractivity contribution >= 4 is 23.4 Å². The molecule has 38 heavy (non-hydrogen) atoms. The van der Waals surface area contributed by atoms with Crippen molar-refractivity contribution in [3.8, 4) is 17.2 Å². The van der Waals surface area contributed by atoms with Crippen LogP contribution in [0, 0.1) is 0 Å². The van der Waals surface area contributed by atoms with Crippen LogP contribution in [0.5, 0.6) is 17.2 Å². The summed E-state index contributed by atoms with van der Waals surface area (Å²) < 4.78 is 16.1. The number of hydrogen-bond acceptors (Lipinski definition) is 6. The molecule has 202 valence electrons. The topological polar surface area (TPSA) is 51.2 Å². The van der Waals surface area contributed by atoms with E-state index < -0.39 is 4.75 Å². The number of para-hydroxylation sites is 1. The second-order valence-electron chi connectivity index (χ2n) is 9.79. The van der Waals surface area contributed by atoms with Crippen LogP contribution in [0.3, 0.4) is 0 Å². The first-order valence-electron chi connectivity index (χ1n) is 13.0. The number of carbonyl (C=O) groups excluding carboxylic acids is 1. The third kappa shape index (κ3) is 6.27. The maximum Gasteiger partial charge on any atom is 0.247 e. The van der Waals surface area contributed by atoms with Gasteiger partial charge in [0, 0.05) is 18.5 Å². The van der Waals surface area contributed by atoms with Crippen molar-refractivity contribution in [1.82, 2.24) is 4.90 Å². The summed E-state index contributed by atoms with van der Waals surface area (Å²) in [5.74, 6) is 2.45. The third-order valence-corrected chi connectivity index (χ3v) is 8.48. The molecule has 0 bridgehead atoms. The number of likely N-dealkylation sites (N-methyl/N-ethyl adjacent to an activating group) is 2. The summed E-state index contributed by atoms with van der Waals surface area (Å²) >= 11 is 1.61. The van der Waals surface area contributed by atoms with Crippen molar-refractivity contribution in [3.63, 3.8) is 0 Å². The summed E-state index contributed by atoms with van der Waals surface area (Å²) in [6.45, 7) is 4.67. The number of thioether (sulfide) groups is 1. The Kier molecular flexibility index (Phi) is 9.23. The number of amides is 1. The van der Waals surface area contributed by atoms with Crippen molar-refractivity contribution in [1.29, 1.82) is 0 Å². The van der Waals surface area contributed by atoms with Crippen LogP contribution in [-0.2, 0) is 16.0 Å². The Morgan fingerprint density at radius 3 is 2.39 bits per heavy atom. The fraction of sp³-hybridized carbons (Fsp3) is 0.387. The van der Waals surface area contributed by atoms with E-state index in [-0.39, 0.29) is 5.91 Å². The highest BCUT2D eigenvalue weighted by Gasteiger charge is 2.43. The summed E-state index contributed by atoms with van der Waals surface area (Å²) in [4.78, 5) is 18.5. The van der Waals surface area contributed by atoms with E-state index in [0.29, 0.717) is 6.61 Å². The molecule has 0 saturated heterocycles. The molecule has 1 aliphatic heterocycles. The van der Waals surface area contributed by atoms with Crippen molar-refractivity contribution in [2.75, 3.05) is 52.9 Å². The van der Waals surface area contributed by atoms with Crippen LogP contribution in [0.4, 0.5) is 5.69 Å². The van der Waals surface area contributed by atoms with Crippen molar-refractivity contribution < 1.29 is 19.0 Å². The maximum atomic E-state index is 13.2. The molecular formula is C31H38N2O4S. The number of carbonyl (C=O) groups is 1. The number of hydrogen-bond donors (Lipinski definition) is 0. The van der Waals surface area contributed by atoms with E-state index in [9.17, 15) is 4.79 Å². The predicted octanol–water partition coefficient (Wildman–Crippen LogP) is 6.02. The van der Waals surface area contributed by atoms with Gasteiger partial charge in [-0.1, -0.05) is 30.3 Å². The Balaban J connectivity index is 1.20. The lowest BCUT2D eigenvalue weighted by atomic mass is 9.97. The number of nitrogens with zero attached hydrogens (tertiary/aromatic N) is 2. The molecule has 6 nitrogen and oxygen atoms in total. The summed E-state index contributed by atoms with van der Waals surface area (Å²) in [6, 6.07) is 22.1. The van der Waals surface area contributed by atoms with E-state index in [1.165, 1.54) is 5.56 Å². The molecule has 1 unspecified atom stereocenters. The van der Waals surface area contributed by atoms with Gasteiger partial charge in [-0.25, -0.2) is 0 Å². The Morgan fingerprint density at radius 1 is 0.921 bits per heavy atom. The second-order valence-corrected chi connectivity index (χ2v) is 11.3. The van der Waals surface area contributed by atoms with Crippen LogP contribution in [0.15, 0.2) is 71.6 Å².